The highest BCUT2D eigenvalue weighted by molar-refractivity contribution is 6.02. The normalized spacial score (nSPS) is 40.3. The van der Waals surface area contributed by atoms with Crippen LogP contribution in [0.25, 0.3) is 6.08 Å². The van der Waals surface area contributed by atoms with Crippen LogP contribution in [0.1, 0.15) is 53.0 Å². The van der Waals surface area contributed by atoms with Crippen LogP contribution in [0.2, 0.25) is 0 Å². The molecule has 0 saturated heterocycles. The largest absolute Gasteiger partial charge is 0.458 e. The average molecular weight is 465 g/mol. The summed E-state index contributed by atoms with van der Waals surface area (Å²) in [6, 6.07) is 9.41. The van der Waals surface area contributed by atoms with Crippen LogP contribution < -0.4 is 0 Å². The molecule has 2 N–H and O–H groups in total. The van der Waals surface area contributed by atoms with Gasteiger partial charge in [0.25, 0.3) is 0 Å². The molecule has 5 heteroatoms. The van der Waals surface area contributed by atoms with Gasteiger partial charge in [-0.15, -0.1) is 0 Å². The number of ketones is 1. The Hall–Kier alpha value is -2.50. The monoisotopic (exact) mass is 464 g/mol. The molecule has 0 spiro atoms. The third-order valence-corrected chi connectivity index (χ3v) is 8.38. The second kappa shape index (κ2) is 8.94. The fourth-order valence-corrected chi connectivity index (χ4v) is 6.12. The van der Waals surface area contributed by atoms with Crippen LogP contribution in [-0.2, 0) is 14.3 Å². The summed E-state index contributed by atoms with van der Waals surface area (Å²) in [5, 5.41) is 23.1. The quantitative estimate of drug-likeness (QED) is 0.391. The summed E-state index contributed by atoms with van der Waals surface area (Å²) in [6.45, 7) is 9.81. The molecule has 0 bridgehead atoms. The highest BCUT2D eigenvalue weighted by atomic mass is 16.5. The zero-order valence-corrected chi connectivity index (χ0v) is 20.7. The number of esters is 1. The molecule has 7 atom stereocenters. The fraction of sp³-hybridized carbons (Fsp3) is 0.517. The van der Waals surface area contributed by atoms with Crippen LogP contribution in [0, 0.1) is 29.1 Å². The lowest BCUT2D eigenvalue weighted by molar-refractivity contribution is -0.157. The number of fused-ring (bicyclic) bond motifs is 2. The van der Waals surface area contributed by atoms with Gasteiger partial charge in [0.1, 0.15) is 11.7 Å². The predicted molar refractivity (Wildman–Crippen MR) is 131 cm³/mol. The van der Waals surface area contributed by atoms with Gasteiger partial charge in [0.2, 0.25) is 0 Å². The van der Waals surface area contributed by atoms with Crippen LogP contribution in [0.4, 0.5) is 0 Å². The molecule has 3 aliphatic rings. The summed E-state index contributed by atoms with van der Waals surface area (Å²) in [5.41, 5.74) is 0.356. The average Bonchev–Trinajstić information content (AvgIpc) is 3.20. The Morgan fingerprint density at radius 3 is 2.53 bits per heavy atom. The lowest BCUT2D eigenvalue weighted by Crippen LogP contribution is -2.51. The van der Waals surface area contributed by atoms with Gasteiger partial charge >= 0.3 is 5.97 Å². The smallest absolute Gasteiger partial charge is 0.331 e. The lowest BCUT2D eigenvalue weighted by atomic mass is 9.77. The van der Waals surface area contributed by atoms with Crippen LogP contribution in [0.3, 0.4) is 0 Å². The van der Waals surface area contributed by atoms with E-state index < -0.39 is 29.7 Å². The molecule has 0 radical (unpaired) electrons. The molecule has 3 aliphatic carbocycles. The first-order chi connectivity index (χ1) is 16.0. The highest BCUT2D eigenvalue weighted by Gasteiger charge is 2.61. The first-order valence-electron chi connectivity index (χ1n) is 12.2. The fourth-order valence-electron chi connectivity index (χ4n) is 6.12. The van der Waals surface area contributed by atoms with Gasteiger partial charge in [-0.25, -0.2) is 4.79 Å². The number of rotatable bonds is 3. The van der Waals surface area contributed by atoms with Crippen molar-refractivity contribution in [2.75, 3.05) is 0 Å². The number of Topliss-reactive ketones (excluding diaryl/α,β-unsaturated/α-hetero) is 1. The summed E-state index contributed by atoms with van der Waals surface area (Å²) in [4.78, 5) is 26.3. The Labute approximate surface area is 202 Å². The number of benzene rings is 1. The number of hydrogen-bond donors (Lipinski definition) is 2. The van der Waals surface area contributed by atoms with Crippen molar-refractivity contribution in [3.63, 3.8) is 0 Å². The van der Waals surface area contributed by atoms with Crippen molar-refractivity contribution in [2.45, 2.75) is 65.3 Å². The second-order valence-electron chi connectivity index (χ2n) is 11.0. The molecule has 1 aromatic carbocycles. The molecule has 0 amide bonds. The van der Waals surface area contributed by atoms with Gasteiger partial charge in [0.15, 0.2) is 5.78 Å². The molecule has 4 rings (SSSR count). The van der Waals surface area contributed by atoms with Gasteiger partial charge in [-0.2, -0.15) is 0 Å². The number of aliphatic hydroxyl groups is 2. The summed E-state index contributed by atoms with van der Waals surface area (Å²) in [7, 11) is 0. The van der Waals surface area contributed by atoms with E-state index >= 15 is 0 Å². The molecule has 1 aromatic rings. The number of carbonyl (C=O) groups is 2. The molecule has 0 aromatic heterocycles. The van der Waals surface area contributed by atoms with Crippen LogP contribution >= 0.6 is 0 Å². The number of hydrogen-bond acceptors (Lipinski definition) is 5. The van der Waals surface area contributed by atoms with E-state index in [1.54, 1.807) is 13.0 Å². The van der Waals surface area contributed by atoms with Crippen molar-refractivity contribution >= 4 is 17.8 Å². The minimum atomic E-state index is -1.80. The summed E-state index contributed by atoms with van der Waals surface area (Å²) in [5.74, 6) is -1.52. The van der Waals surface area contributed by atoms with Gasteiger partial charge in [-0.05, 0) is 72.6 Å². The van der Waals surface area contributed by atoms with E-state index in [9.17, 15) is 19.8 Å². The molecular formula is C29H36O5. The van der Waals surface area contributed by atoms with Gasteiger partial charge < -0.3 is 14.9 Å². The zero-order valence-electron chi connectivity index (χ0n) is 20.7. The third-order valence-electron chi connectivity index (χ3n) is 8.38. The minimum Gasteiger partial charge on any atom is -0.458 e. The lowest BCUT2D eigenvalue weighted by Gasteiger charge is -2.35. The Morgan fingerprint density at radius 1 is 1.18 bits per heavy atom. The Morgan fingerprint density at radius 2 is 1.85 bits per heavy atom. The van der Waals surface area contributed by atoms with E-state index in [1.807, 2.05) is 56.3 Å². The van der Waals surface area contributed by atoms with Gasteiger partial charge in [-0.1, -0.05) is 63.3 Å². The topological polar surface area (TPSA) is 83.8 Å². The van der Waals surface area contributed by atoms with E-state index in [-0.39, 0.29) is 29.5 Å². The van der Waals surface area contributed by atoms with Crippen molar-refractivity contribution in [3.8, 4) is 0 Å². The van der Waals surface area contributed by atoms with Crippen molar-refractivity contribution in [2.24, 2.45) is 29.1 Å². The molecule has 5 nitrogen and oxygen atoms in total. The first kappa shape index (κ1) is 24.6. The Kier molecular flexibility index (Phi) is 6.47. The summed E-state index contributed by atoms with van der Waals surface area (Å²) < 4.78 is 5.80. The van der Waals surface area contributed by atoms with Crippen LogP contribution in [-0.4, -0.2) is 39.8 Å². The summed E-state index contributed by atoms with van der Waals surface area (Å²) >= 11 is 0. The van der Waals surface area contributed by atoms with E-state index in [2.05, 4.69) is 13.8 Å². The molecule has 2 saturated carbocycles. The SMILES string of the molecule is C/C1=C/C[C@H]2[C@@H](/C=C(\C)C(=O)[C@@]3(O)C[C@H](C)[C@H](OC(=O)/C=C/c4ccccc4)[C@H]3[C@H]1O)C2(C)C. The van der Waals surface area contributed by atoms with E-state index in [1.165, 1.54) is 6.08 Å². The van der Waals surface area contributed by atoms with E-state index in [4.69, 9.17) is 4.74 Å². The molecule has 34 heavy (non-hydrogen) atoms. The standard InChI is InChI=1S/C29H36O5/c1-17-11-13-21-22(28(21,4)5)15-18(2)27(32)29(33)16-19(3)26(24(29)25(17)31)34-23(30)14-12-20-9-7-6-8-10-20/h6-12,14-15,19,21-22,24-26,31,33H,13,16H2,1-5H3/b14-12+,17-11-,18-15+/t19-,21-,22+,24+,25-,26-,29+/m0/s1. The van der Waals surface area contributed by atoms with Crippen molar-refractivity contribution in [1.29, 1.82) is 0 Å². The van der Waals surface area contributed by atoms with Gasteiger partial charge in [-0.3, -0.25) is 4.79 Å². The minimum absolute atomic E-state index is 0.0800. The predicted octanol–water partition coefficient (Wildman–Crippen LogP) is 4.50. The van der Waals surface area contributed by atoms with Crippen LogP contribution in [0.5, 0.6) is 0 Å². The molecule has 182 valence electrons. The molecule has 0 heterocycles. The summed E-state index contributed by atoms with van der Waals surface area (Å²) in [6.07, 6.45) is 6.07. The molecule has 2 fully saturated rings. The molecule has 0 aliphatic heterocycles. The first-order valence-corrected chi connectivity index (χ1v) is 12.2. The van der Waals surface area contributed by atoms with E-state index in [0.29, 0.717) is 17.1 Å². The maximum atomic E-state index is 13.6. The maximum absolute atomic E-state index is 13.6. The number of aliphatic hydroxyl groups excluding tert-OH is 1. The van der Waals surface area contributed by atoms with Crippen LogP contribution in [0.15, 0.2) is 59.7 Å². The van der Waals surface area contributed by atoms with Gasteiger partial charge in [0.05, 0.1) is 12.0 Å². The van der Waals surface area contributed by atoms with Crippen molar-refractivity contribution in [3.05, 3.63) is 65.3 Å². The van der Waals surface area contributed by atoms with Crippen molar-refractivity contribution in [1.82, 2.24) is 0 Å². The molecule has 0 unspecified atom stereocenters. The zero-order chi connectivity index (χ0) is 24.8. The second-order valence-corrected chi connectivity index (χ2v) is 11.0. The molecular weight excluding hydrogens is 428 g/mol. The number of allylic oxidation sites excluding steroid dienone is 2. The Bertz CT molecular complexity index is 1050. The van der Waals surface area contributed by atoms with Crippen molar-refractivity contribution < 1.29 is 24.5 Å². The number of carbonyl (C=O) groups excluding carboxylic acids is 2. The Balaban J connectivity index is 1.65. The number of ether oxygens (including phenoxy) is 1. The van der Waals surface area contributed by atoms with Gasteiger partial charge in [0, 0.05) is 6.08 Å². The maximum Gasteiger partial charge on any atom is 0.331 e. The highest BCUT2D eigenvalue weighted by Crippen LogP contribution is 2.61. The third kappa shape index (κ3) is 4.32. The van der Waals surface area contributed by atoms with E-state index in [0.717, 1.165) is 12.0 Å².